The van der Waals surface area contributed by atoms with Crippen molar-refractivity contribution in [1.29, 1.82) is 0 Å². The molecule has 2 rings (SSSR count). The lowest BCUT2D eigenvalue weighted by atomic mass is 10.1. The third-order valence-electron chi connectivity index (χ3n) is 3.43. The summed E-state index contributed by atoms with van der Waals surface area (Å²) in [4.78, 5) is 28.2. The van der Waals surface area contributed by atoms with E-state index in [2.05, 4.69) is 15.6 Å². The smallest absolute Gasteiger partial charge is 0.253 e. The number of ether oxygens (including phenoxy) is 1. The van der Waals surface area contributed by atoms with Crippen LogP contribution in [-0.2, 0) is 6.54 Å². The van der Waals surface area contributed by atoms with Crippen molar-refractivity contribution >= 4 is 11.8 Å². The average molecular weight is 327 g/mol. The first kappa shape index (κ1) is 17.5. The number of carbonyl (C=O) groups excluding carboxylic acids is 2. The predicted molar refractivity (Wildman–Crippen MR) is 91.0 cm³/mol. The molecule has 0 saturated heterocycles. The standard InChI is InChI=1S/C18H21N3O3/c1-3-8-20-17(22)14-9-15(11-19-10-14)18(23)21-12-13-6-4-5-7-16(13)24-2/h4-7,9-11H,3,8,12H2,1-2H3,(H,20,22)(H,21,23). The lowest BCUT2D eigenvalue weighted by Crippen LogP contribution is -2.26. The van der Waals surface area contributed by atoms with Crippen molar-refractivity contribution in [3.05, 3.63) is 59.4 Å². The Bertz CT molecular complexity index is 716. The summed E-state index contributed by atoms with van der Waals surface area (Å²) in [7, 11) is 1.59. The van der Waals surface area contributed by atoms with Gasteiger partial charge in [0, 0.05) is 31.0 Å². The molecule has 2 amide bonds. The molecule has 6 heteroatoms. The molecule has 1 aromatic carbocycles. The Morgan fingerprint density at radius 1 is 1.08 bits per heavy atom. The fourth-order valence-corrected chi connectivity index (χ4v) is 2.16. The monoisotopic (exact) mass is 327 g/mol. The fourth-order valence-electron chi connectivity index (χ4n) is 2.16. The van der Waals surface area contributed by atoms with Crippen molar-refractivity contribution in [2.24, 2.45) is 0 Å². The number of para-hydroxylation sites is 1. The van der Waals surface area contributed by atoms with Gasteiger partial charge in [-0.15, -0.1) is 0 Å². The number of hydrogen-bond donors (Lipinski definition) is 2. The van der Waals surface area contributed by atoms with E-state index in [9.17, 15) is 9.59 Å². The first-order valence-corrected chi connectivity index (χ1v) is 7.79. The van der Waals surface area contributed by atoms with Crippen molar-refractivity contribution in [3.63, 3.8) is 0 Å². The van der Waals surface area contributed by atoms with Crippen LogP contribution in [0.25, 0.3) is 0 Å². The van der Waals surface area contributed by atoms with E-state index in [1.54, 1.807) is 7.11 Å². The number of methoxy groups -OCH3 is 1. The molecule has 0 saturated carbocycles. The SMILES string of the molecule is CCCNC(=O)c1cncc(C(=O)NCc2ccccc2OC)c1. The number of aromatic nitrogens is 1. The van der Waals surface area contributed by atoms with Crippen LogP contribution < -0.4 is 15.4 Å². The zero-order valence-electron chi connectivity index (χ0n) is 13.8. The van der Waals surface area contributed by atoms with Gasteiger partial charge in [-0.1, -0.05) is 25.1 Å². The molecule has 24 heavy (non-hydrogen) atoms. The van der Waals surface area contributed by atoms with Crippen molar-refractivity contribution in [1.82, 2.24) is 15.6 Å². The lowest BCUT2D eigenvalue weighted by molar-refractivity contribution is 0.0950. The van der Waals surface area contributed by atoms with Gasteiger partial charge in [0.2, 0.25) is 0 Å². The van der Waals surface area contributed by atoms with Crippen molar-refractivity contribution in [3.8, 4) is 5.75 Å². The molecule has 0 aliphatic heterocycles. The Hall–Kier alpha value is -2.89. The Balaban J connectivity index is 2.03. The molecule has 0 bridgehead atoms. The first-order valence-electron chi connectivity index (χ1n) is 7.79. The third kappa shape index (κ3) is 4.55. The highest BCUT2D eigenvalue weighted by molar-refractivity contribution is 5.99. The van der Waals surface area contributed by atoms with Gasteiger partial charge in [0.15, 0.2) is 0 Å². The molecule has 0 aliphatic rings. The number of nitrogens with one attached hydrogen (secondary N) is 2. The molecule has 0 unspecified atom stereocenters. The maximum Gasteiger partial charge on any atom is 0.253 e. The number of hydrogen-bond acceptors (Lipinski definition) is 4. The molecule has 6 nitrogen and oxygen atoms in total. The van der Waals surface area contributed by atoms with Crippen molar-refractivity contribution < 1.29 is 14.3 Å². The van der Waals surface area contributed by atoms with Gasteiger partial charge < -0.3 is 15.4 Å². The fraction of sp³-hybridized carbons (Fsp3) is 0.278. The van der Waals surface area contributed by atoms with Crippen LogP contribution in [0.15, 0.2) is 42.7 Å². The third-order valence-corrected chi connectivity index (χ3v) is 3.43. The van der Waals surface area contributed by atoms with E-state index in [-0.39, 0.29) is 11.8 Å². The minimum Gasteiger partial charge on any atom is -0.496 e. The van der Waals surface area contributed by atoms with E-state index in [1.165, 1.54) is 18.5 Å². The second kappa shape index (κ2) is 8.67. The molecule has 0 radical (unpaired) electrons. The molecule has 1 heterocycles. The molecule has 1 aromatic heterocycles. The van der Waals surface area contributed by atoms with E-state index in [4.69, 9.17) is 4.74 Å². The van der Waals surface area contributed by atoms with Crippen molar-refractivity contribution in [2.45, 2.75) is 19.9 Å². The number of benzene rings is 1. The van der Waals surface area contributed by atoms with E-state index in [1.807, 2.05) is 31.2 Å². The van der Waals surface area contributed by atoms with Crippen molar-refractivity contribution in [2.75, 3.05) is 13.7 Å². The Labute approximate surface area is 141 Å². The number of carbonyl (C=O) groups is 2. The second-order valence-electron chi connectivity index (χ2n) is 5.21. The van der Waals surface area contributed by atoms with Gasteiger partial charge in [-0.3, -0.25) is 14.6 Å². The summed E-state index contributed by atoms with van der Waals surface area (Å²) in [5, 5.41) is 5.57. The zero-order chi connectivity index (χ0) is 17.4. The van der Waals surface area contributed by atoms with Gasteiger partial charge in [0.1, 0.15) is 5.75 Å². The molecule has 126 valence electrons. The van der Waals surface area contributed by atoms with E-state index >= 15 is 0 Å². The highest BCUT2D eigenvalue weighted by Gasteiger charge is 2.11. The largest absolute Gasteiger partial charge is 0.496 e. The molecule has 2 N–H and O–H groups in total. The molecule has 0 fully saturated rings. The Morgan fingerprint density at radius 3 is 2.42 bits per heavy atom. The number of rotatable bonds is 7. The van der Waals surface area contributed by atoms with Crippen LogP contribution in [0.3, 0.4) is 0 Å². The summed E-state index contributed by atoms with van der Waals surface area (Å²) in [6, 6.07) is 9.00. The molecule has 0 spiro atoms. The highest BCUT2D eigenvalue weighted by Crippen LogP contribution is 2.16. The first-order chi connectivity index (χ1) is 11.7. The normalized spacial score (nSPS) is 10.1. The molecular weight excluding hydrogens is 306 g/mol. The maximum atomic E-state index is 12.3. The van der Waals surface area contributed by atoms with Crippen LogP contribution in [0, 0.1) is 0 Å². The number of amides is 2. The predicted octanol–water partition coefficient (Wildman–Crippen LogP) is 2.16. The second-order valence-corrected chi connectivity index (χ2v) is 5.21. The zero-order valence-corrected chi connectivity index (χ0v) is 13.8. The summed E-state index contributed by atoms with van der Waals surface area (Å²) >= 11 is 0. The van der Waals surface area contributed by atoms with Gasteiger partial charge in [-0.2, -0.15) is 0 Å². The van der Waals surface area contributed by atoms with Crippen LogP contribution in [0.4, 0.5) is 0 Å². The molecule has 2 aromatic rings. The van der Waals surface area contributed by atoms with Gasteiger partial charge in [0.25, 0.3) is 11.8 Å². The van der Waals surface area contributed by atoms with E-state index in [0.717, 1.165) is 12.0 Å². The van der Waals surface area contributed by atoms with Crippen LogP contribution >= 0.6 is 0 Å². The van der Waals surface area contributed by atoms with E-state index in [0.29, 0.717) is 30.0 Å². The highest BCUT2D eigenvalue weighted by atomic mass is 16.5. The van der Waals surface area contributed by atoms with Crippen LogP contribution in [0.5, 0.6) is 5.75 Å². The summed E-state index contributed by atoms with van der Waals surface area (Å²) in [5.41, 5.74) is 1.58. The average Bonchev–Trinajstić information content (AvgIpc) is 2.64. The van der Waals surface area contributed by atoms with E-state index < -0.39 is 0 Å². The quantitative estimate of drug-likeness (QED) is 0.816. The maximum absolute atomic E-state index is 12.3. The molecule has 0 aliphatic carbocycles. The minimum atomic E-state index is -0.293. The van der Waals surface area contributed by atoms with Crippen LogP contribution in [0.2, 0.25) is 0 Å². The van der Waals surface area contributed by atoms with Gasteiger partial charge in [-0.05, 0) is 18.6 Å². The van der Waals surface area contributed by atoms with Crippen LogP contribution in [0.1, 0.15) is 39.6 Å². The topological polar surface area (TPSA) is 80.3 Å². The molecular formula is C18H21N3O3. The van der Waals surface area contributed by atoms with Gasteiger partial charge in [0.05, 0.1) is 18.2 Å². The molecule has 0 atom stereocenters. The lowest BCUT2D eigenvalue weighted by Gasteiger charge is -2.10. The number of nitrogens with zero attached hydrogens (tertiary/aromatic N) is 1. The summed E-state index contributed by atoms with van der Waals surface area (Å²) < 4.78 is 5.25. The number of pyridine rings is 1. The summed E-state index contributed by atoms with van der Waals surface area (Å²) in [5.74, 6) is 0.186. The summed E-state index contributed by atoms with van der Waals surface area (Å²) in [6.07, 6.45) is 3.73. The van der Waals surface area contributed by atoms with Gasteiger partial charge >= 0.3 is 0 Å². The Kier molecular flexibility index (Phi) is 6.31. The Morgan fingerprint density at radius 2 is 1.75 bits per heavy atom. The van der Waals surface area contributed by atoms with Gasteiger partial charge in [-0.25, -0.2) is 0 Å². The minimum absolute atomic E-state index is 0.233. The summed E-state index contributed by atoms with van der Waals surface area (Å²) in [6.45, 7) is 2.89. The van der Waals surface area contributed by atoms with Crippen LogP contribution in [-0.4, -0.2) is 30.5 Å².